The number of aliphatic hydroxyl groups is 1. The van der Waals surface area contributed by atoms with Crippen LogP contribution in [-0.2, 0) is 4.79 Å². The molecule has 3 aliphatic rings. The van der Waals surface area contributed by atoms with Gasteiger partial charge in [0, 0.05) is 37.3 Å². The number of amides is 1. The van der Waals surface area contributed by atoms with Crippen molar-refractivity contribution in [2.75, 3.05) is 31.3 Å². The summed E-state index contributed by atoms with van der Waals surface area (Å²) in [6.45, 7) is 7.02. The molecule has 0 unspecified atom stereocenters. The minimum Gasteiger partial charge on any atom is -0.454 e. The number of likely N-dealkylation sites (tertiary alicyclic amines) is 1. The number of benzene rings is 2. The first-order valence-electron chi connectivity index (χ1n) is 13.0. The van der Waals surface area contributed by atoms with Crippen molar-refractivity contribution in [1.82, 2.24) is 4.90 Å². The molecule has 3 atom stereocenters. The molecule has 6 heteroatoms. The molecule has 0 radical (unpaired) electrons. The van der Waals surface area contributed by atoms with E-state index < -0.39 is 5.60 Å². The summed E-state index contributed by atoms with van der Waals surface area (Å²) < 4.78 is 10.9. The summed E-state index contributed by atoms with van der Waals surface area (Å²) in [6.07, 6.45) is 8.04. The van der Waals surface area contributed by atoms with Gasteiger partial charge in [-0.2, -0.15) is 0 Å². The van der Waals surface area contributed by atoms with Gasteiger partial charge in [0.05, 0.1) is 11.6 Å². The van der Waals surface area contributed by atoms with E-state index in [1.165, 1.54) is 5.69 Å². The fraction of sp³-hybridized carbons (Fsp3) is 0.483. The normalized spacial score (nSPS) is 25.5. The van der Waals surface area contributed by atoms with Crippen LogP contribution in [-0.4, -0.2) is 47.9 Å². The van der Waals surface area contributed by atoms with E-state index in [2.05, 4.69) is 43.0 Å². The molecule has 2 aromatic rings. The van der Waals surface area contributed by atoms with Crippen LogP contribution in [0.15, 0.2) is 48.5 Å². The molecular weight excluding hydrogens is 440 g/mol. The Morgan fingerprint density at radius 1 is 1.09 bits per heavy atom. The van der Waals surface area contributed by atoms with E-state index in [4.69, 9.17) is 9.47 Å². The van der Waals surface area contributed by atoms with Gasteiger partial charge in [0.25, 0.3) is 0 Å². The number of piperidine rings is 1. The van der Waals surface area contributed by atoms with Gasteiger partial charge in [-0.1, -0.05) is 31.0 Å². The second-order valence-electron chi connectivity index (χ2n) is 9.89. The molecule has 2 aromatic carbocycles. The van der Waals surface area contributed by atoms with E-state index in [9.17, 15) is 9.90 Å². The predicted molar refractivity (Wildman–Crippen MR) is 138 cm³/mol. The van der Waals surface area contributed by atoms with Gasteiger partial charge in [-0.15, -0.1) is 0 Å². The maximum atomic E-state index is 13.5. The number of nitrogens with zero attached hydrogens (tertiary/aromatic N) is 2. The van der Waals surface area contributed by atoms with Gasteiger partial charge in [0.2, 0.25) is 12.7 Å². The van der Waals surface area contributed by atoms with Crippen molar-refractivity contribution in [3.05, 3.63) is 59.7 Å². The Labute approximate surface area is 208 Å². The highest BCUT2D eigenvalue weighted by Gasteiger charge is 2.49. The van der Waals surface area contributed by atoms with Crippen molar-refractivity contribution in [1.29, 1.82) is 0 Å². The van der Waals surface area contributed by atoms with Crippen LogP contribution in [0.1, 0.15) is 63.1 Å². The number of ether oxygens (including phenoxy) is 2. The Balaban J connectivity index is 1.42. The predicted octanol–water partition coefficient (Wildman–Crippen LogP) is 5.17. The first-order chi connectivity index (χ1) is 17.0. The molecule has 35 heavy (non-hydrogen) atoms. The molecule has 1 saturated carbocycles. The minimum absolute atomic E-state index is 0.0203. The van der Waals surface area contributed by atoms with E-state index in [1.54, 1.807) is 6.08 Å². The molecule has 6 nitrogen and oxygen atoms in total. The SMILES string of the molecule is CCN(CC)c1ccc([C@@H]2[C@@H]3CCCC[C@]3(O)CCN2C(=O)/C=C/c2ccc3c(c2)OCO3)cc1. The highest BCUT2D eigenvalue weighted by molar-refractivity contribution is 5.92. The van der Waals surface area contributed by atoms with Crippen molar-refractivity contribution in [2.24, 2.45) is 5.92 Å². The maximum Gasteiger partial charge on any atom is 0.247 e. The fourth-order valence-electron chi connectivity index (χ4n) is 6.09. The van der Waals surface area contributed by atoms with Crippen molar-refractivity contribution in [2.45, 2.75) is 57.6 Å². The smallest absolute Gasteiger partial charge is 0.247 e. The summed E-state index contributed by atoms with van der Waals surface area (Å²) in [5, 5.41) is 11.5. The average molecular weight is 477 g/mol. The van der Waals surface area contributed by atoms with Crippen LogP contribution in [0.5, 0.6) is 11.5 Å². The highest BCUT2D eigenvalue weighted by Crippen LogP contribution is 2.49. The fourth-order valence-corrected chi connectivity index (χ4v) is 6.09. The summed E-state index contributed by atoms with van der Waals surface area (Å²) in [5.41, 5.74) is 2.50. The number of rotatable bonds is 6. The molecule has 2 heterocycles. The quantitative estimate of drug-likeness (QED) is 0.583. The Morgan fingerprint density at radius 2 is 1.86 bits per heavy atom. The van der Waals surface area contributed by atoms with Crippen molar-refractivity contribution in [3.63, 3.8) is 0 Å². The summed E-state index contributed by atoms with van der Waals surface area (Å²) in [4.78, 5) is 17.8. The molecule has 1 N–H and O–H groups in total. The molecule has 1 aliphatic carbocycles. The molecule has 2 fully saturated rings. The van der Waals surface area contributed by atoms with Crippen molar-refractivity contribution in [3.8, 4) is 11.5 Å². The number of carbonyl (C=O) groups excluding carboxylic acids is 1. The van der Waals surface area contributed by atoms with E-state index in [0.717, 1.165) is 55.6 Å². The topological polar surface area (TPSA) is 62.2 Å². The number of hydrogen-bond donors (Lipinski definition) is 1. The van der Waals surface area contributed by atoms with Gasteiger partial charge in [-0.3, -0.25) is 4.79 Å². The van der Waals surface area contributed by atoms with Crippen molar-refractivity contribution < 1.29 is 19.4 Å². The van der Waals surface area contributed by atoms with Crippen LogP contribution in [0.25, 0.3) is 6.08 Å². The summed E-state index contributed by atoms with van der Waals surface area (Å²) >= 11 is 0. The minimum atomic E-state index is -0.696. The van der Waals surface area contributed by atoms with E-state index >= 15 is 0 Å². The van der Waals surface area contributed by atoms with Crippen LogP contribution in [0.4, 0.5) is 5.69 Å². The third-order valence-corrected chi connectivity index (χ3v) is 8.03. The molecule has 0 bridgehead atoms. The first-order valence-corrected chi connectivity index (χ1v) is 13.0. The summed E-state index contributed by atoms with van der Waals surface area (Å²) in [7, 11) is 0. The molecule has 1 amide bonds. The lowest BCUT2D eigenvalue weighted by Gasteiger charge is -2.52. The molecule has 186 valence electrons. The van der Waals surface area contributed by atoms with Gasteiger partial charge in [-0.25, -0.2) is 0 Å². The zero-order valence-electron chi connectivity index (χ0n) is 20.8. The van der Waals surface area contributed by atoms with Crippen molar-refractivity contribution >= 4 is 17.7 Å². The standard InChI is InChI=1S/C29H36N2O4/c1-3-30(4-2)23-12-10-22(11-13-23)28-24-7-5-6-16-29(24,33)17-18-31(28)27(32)15-9-21-8-14-25-26(19-21)35-20-34-25/h8-15,19,24,28,33H,3-7,16-18,20H2,1-2H3/b15-9+/t24-,28+,29-/m0/s1. The van der Waals surface area contributed by atoms with Gasteiger partial charge in [0.1, 0.15) is 0 Å². The molecule has 2 aliphatic heterocycles. The van der Waals surface area contributed by atoms with Crippen LogP contribution < -0.4 is 14.4 Å². The third-order valence-electron chi connectivity index (χ3n) is 8.03. The van der Waals surface area contributed by atoms with Gasteiger partial charge in [0.15, 0.2) is 11.5 Å². The lowest BCUT2D eigenvalue weighted by Crippen LogP contribution is -2.56. The molecule has 0 spiro atoms. The Morgan fingerprint density at radius 3 is 2.63 bits per heavy atom. The highest BCUT2D eigenvalue weighted by atomic mass is 16.7. The van der Waals surface area contributed by atoms with Crippen LogP contribution >= 0.6 is 0 Å². The molecule has 0 aromatic heterocycles. The number of anilines is 1. The lowest BCUT2D eigenvalue weighted by molar-refractivity contribution is -0.150. The summed E-state index contributed by atoms with van der Waals surface area (Å²) in [6, 6.07) is 14.2. The molecular formula is C29H36N2O4. The summed E-state index contributed by atoms with van der Waals surface area (Å²) in [5.74, 6) is 1.46. The maximum absolute atomic E-state index is 13.5. The van der Waals surface area contributed by atoms with E-state index in [-0.39, 0.29) is 24.7 Å². The number of carbonyl (C=O) groups is 1. The van der Waals surface area contributed by atoms with Crippen LogP contribution in [0.2, 0.25) is 0 Å². The zero-order valence-corrected chi connectivity index (χ0v) is 20.8. The van der Waals surface area contributed by atoms with Gasteiger partial charge < -0.3 is 24.4 Å². The average Bonchev–Trinajstić information content (AvgIpc) is 3.35. The Hall–Kier alpha value is -2.99. The van der Waals surface area contributed by atoms with Crippen LogP contribution in [0.3, 0.4) is 0 Å². The Bertz CT molecular complexity index is 1080. The van der Waals surface area contributed by atoms with E-state index in [0.29, 0.717) is 18.7 Å². The molecule has 5 rings (SSSR count). The largest absolute Gasteiger partial charge is 0.454 e. The van der Waals surface area contributed by atoms with Gasteiger partial charge in [-0.05, 0) is 74.6 Å². The Kier molecular flexibility index (Phi) is 6.74. The first kappa shape index (κ1) is 23.7. The monoisotopic (exact) mass is 476 g/mol. The third kappa shape index (κ3) is 4.64. The number of fused-ring (bicyclic) bond motifs is 2. The number of hydrogen-bond acceptors (Lipinski definition) is 5. The van der Waals surface area contributed by atoms with E-state index in [1.807, 2.05) is 29.2 Å². The second kappa shape index (κ2) is 9.94. The lowest BCUT2D eigenvalue weighted by atomic mass is 9.66. The van der Waals surface area contributed by atoms with Gasteiger partial charge >= 0.3 is 0 Å². The zero-order chi connectivity index (χ0) is 24.4. The second-order valence-corrected chi connectivity index (χ2v) is 9.89. The molecule has 1 saturated heterocycles. The van der Waals surface area contributed by atoms with Crippen LogP contribution in [0, 0.1) is 5.92 Å².